The molecular formula is C17H20FN3O4. The molecule has 1 heterocycles. The quantitative estimate of drug-likeness (QED) is 0.797. The van der Waals surface area contributed by atoms with Crippen LogP contribution in [0, 0.1) is 5.82 Å². The fourth-order valence-corrected chi connectivity index (χ4v) is 2.27. The zero-order valence-electron chi connectivity index (χ0n) is 14.2. The van der Waals surface area contributed by atoms with Crippen molar-refractivity contribution >= 4 is 11.9 Å². The molecule has 134 valence electrons. The number of carboxylic acid groups (broad SMARTS) is 1. The van der Waals surface area contributed by atoms with E-state index in [1.807, 2.05) is 13.8 Å². The van der Waals surface area contributed by atoms with Gasteiger partial charge in [-0.3, -0.25) is 9.48 Å². The number of aromatic nitrogens is 2. The molecular weight excluding hydrogens is 329 g/mol. The number of hydrogen-bond donors (Lipinski definition) is 2. The lowest BCUT2D eigenvalue weighted by atomic mass is 10.1. The molecule has 0 aliphatic carbocycles. The van der Waals surface area contributed by atoms with Crippen molar-refractivity contribution in [2.75, 3.05) is 6.54 Å². The van der Waals surface area contributed by atoms with E-state index in [-0.39, 0.29) is 23.9 Å². The van der Waals surface area contributed by atoms with Crippen LogP contribution in [-0.4, -0.2) is 39.4 Å². The number of carboxylic acids is 1. The molecule has 0 saturated heterocycles. The third kappa shape index (κ3) is 4.79. The number of aryl methyl sites for hydroxylation is 1. The van der Waals surface area contributed by atoms with Crippen LogP contribution in [0.15, 0.2) is 30.3 Å². The molecule has 25 heavy (non-hydrogen) atoms. The minimum atomic E-state index is -1.30. The summed E-state index contributed by atoms with van der Waals surface area (Å²) in [5, 5.41) is 15.8. The summed E-state index contributed by atoms with van der Waals surface area (Å²) < 4.78 is 19.8. The first-order valence-corrected chi connectivity index (χ1v) is 7.75. The maximum Gasteiger partial charge on any atom is 0.346 e. The van der Waals surface area contributed by atoms with E-state index < -0.39 is 23.8 Å². The smallest absolute Gasteiger partial charge is 0.346 e. The molecule has 2 N–H and O–H groups in total. The summed E-state index contributed by atoms with van der Waals surface area (Å²) in [5.41, 5.74) is 1.10. The van der Waals surface area contributed by atoms with Gasteiger partial charge in [0.25, 0.3) is 5.91 Å². The van der Waals surface area contributed by atoms with Gasteiger partial charge < -0.3 is 15.2 Å². The van der Waals surface area contributed by atoms with Gasteiger partial charge in [0.1, 0.15) is 17.3 Å². The average Bonchev–Trinajstić information content (AvgIpc) is 2.95. The van der Waals surface area contributed by atoms with E-state index in [9.17, 15) is 19.1 Å². The van der Waals surface area contributed by atoms with Crippen molar-refractivity contribution in [3.63, 3.8) is 0 Å². The second kappa shape index (κ2) is 7.78. The van der Waals surface area contributed by atoms with Crippen LogP contribution in [0.25, 0.3) is 0 Å². The number of nitrogens with zero attached hydrogens (tertiary/aromatic N) is 2. The third-order valence-corrected chi connectivity index (χ3v) is 3.56. The topological polar surface area (TPSA) is 93.4 Å². The molecule has 8 heteroatoms. The molecule has 1 aromatic heterocycles. The Kier molecular flexibility index (Phi) is 5.74. The van der Waals surface area contributed by atoms with E-state index in [1.165, 1.54) is 12.1 Å². The zero-order chi connectivity index (χ0) is 18.6. The maximum absolute atomic E-state index is 12.9. The monoisotopic (exact) mass is 349 g/mol. The van der Waals surface area contributed by atoms with Crippen molar-refractivity contribution in [2.24, 2.45) is 7.05 Å². The highest BCUT2D eigenvalue weighted by Crippen LogP contribution is 2.15. The van der Waals surface area contributed by atoms with Crippen LogP contribution in [0.5, 0.6) is 5.75 Å². The Labute approximate surface area is 144 Å². The van der Waals surface area contributed by atoms with Gasteiger partial charge in [-0.25, -0.2) is 9.18 Å². The number of ether oxygens (including phenoxy) is 1. The van der Waals surface area contributed by atoms with Crippen LogP contribution in [0.3, 0.4) is 0 Å². The Balaban J connectivity index is 2.00. The number of aliphatic carboxylic acids is 1. The van der Waals surface area contributed by atoms with Gasteiger partial charge in [-0.1, -0.05) is 13.8 Å². The summed E-state index contributed by atoms with van der Waals surface area (Å²) in [6, 6.07) is 6.63. The van der Waals surface area contributed by atoms with Crippen molar-refractivity contribution in [2.45, 2.75) is 25.9 Å². The van der Waals surface area contributed by atoms with Crippen LogP contribution in [0.4, 0.5) is 4.39 Å². The molecule has 1 unspecified atom stereocenters. The lowest BCUT2D eigenvalue weighted by Gasteiger charge is -2.15. The first kappa shape index (κ1) is 18.4. The summed E-state index contributed by atoms with van der Waals surface area (Å²) in [4.78, 5) is 23.5. The number of benzene rings is 1. The van der Waals surface area contributed by atoms with Crippen molar-refractivity contribution in [3.05, 3.63) is 47.5 Å². The molecule has 0 aliphatic rings. The van der Waals surface area contributed by atoms with E-state index >= 15 is 0 Å². The summed E-state index contributed by atoms with van der Waals surface area (Å²) in [6.45, 7) is 3.71. The van der Waals surface area contributed by atoms with Gasteiger partial charge in [-0.2, -0.15) is 5.10 Å². The van der Waals surface area contributed by atoms with Gasteiger partial charge >= 0.3 is 5.97 Å². The summed E-state index contributed by atoms with van der Waals surface area (Å²) in [5.74, 6) is -1.79. The Bertz CT molecular complexity index is 756. The lowest BCUT2D eigenvalue weighted by Crippen LogP contribution is -2.40. The molecule has 0 bridgehead atoms. The first-order valence-electron chi connectivity index (χ1n) is 7.75. The number of amides is 1. The zero-order valence-corrected chi connectivity index (χ0v) is 14.2. The highest BCUT2D eigenvalue weighted by molar-refractivity contribution is 5.92. The predicted octanol–water partition coefficient (Wildman–Crippen LogP) is 1.94. The molecule has 1 atom stereocenters. The van der Waals surface area contributed by atoms with Gasteiger partial charge in [0, 0.05) is 12.7 Å². The Morgan fingerprint density at radius 3 is 2.48 bits per heavy atom. The van der Waals surface area contributed by atoms with E-state index in [0.29, 0.717) is 0 Å². The van der Waals surface area contributed by atoms with E-state index in [2.05, 4.69) is 10.4 Å². The van der Waals surface area contributed by atoms with Crippen LogP contribution in [-0.2, 0) is 11.8 Å². The fraction of sp³-hybridized carbons (Fsp3) is 0.353. The summed E-state index contributed by atoms with van der Waals surface area (Å²) >= 11 is 0. The molecule has 7 nitrogen and oxygen atoms in total. The third-order valence-electron chi connectivity index (χ3n) is 3.56. The highest BCUT2D eigenvalue weighted by Gasteiger charge is 2.22. The van der Waals surface area contributed by atoms with Crippen molar-refractivity contribution in [1.29, 1.82) is 0 Å². The molecule has 0 saturated carbocycles. The maximum atomic E-state index is 12.9. The van der Waals surface area contributed by atoms with Crippen LogP contribution in [0.2, 0.25) is 0 Å². The predicted molar refractivity (Wildman–Crippen MR) is 88.1 cm³/mol. The molecule has 2 aromatic rings. The molecule has 1 aromatic carbocycles. The number of rotatable bonds is 7. The minimum absolute atomic E-state index is 0.197. The van der Waals surface area contributed by atoms with Crippen molar-refractivity contribution < 1.29 is 23.8 Å². The van der Waals surface area contributed by atoms with Gasteiger partial charge in [0.15, 0.2) is 0 Å². The fourth-order valence-electron chi connectivity index (χ4n) is 2.27. The SMILES string of the molecule is CC(C)c1cc(C(=O)NCC(Oc2ccc(F)cc2)C(=O)O)nn1C. The van der Waals surface area contributed by atoms with E-state index in [4.69, 9.17) is 4.74 Å². The number of nitrogens with one attached hydrogen (secondary N) is 1. The van der Waals surface area contributed by atoms with Crippen molar-refractivity contribution in [3.8, 4) is 5.75 Å². The normalized spacial score (nSPS) is 12.0. The van der Waals surface area contributed by atoms with Crippen molar-refractivity contribution in [1.82, 2.24) is 15.1 Å². The van der Waals surface area contributed by atoms with Gasteiger partial charge in [0.2, 0.25) is 6.10 Å². The summed E-state index contributed by atoms with van der Waals surface area (Å²) in [6.07, 6.45) is -1.30. The Morgan fingerprint density at radius 1 is 1.32 bits per heavy atom. The molecule has 2 rings (SSSR count). The number of carbonyl (C=O) groups is 2. The molecule has 0 fully saturated rings. The molecule has 1 amide bonds. The number of halogens is 1. The van der Waals surface area contributed by atoms with Gasteiger partial charge in [-0.05, 0) is 36.2 Å². The highest BCUT2D eigenvalue weighted by atomic mass is 19.1. The lowest BCUT2D eigenvalue weighted by molar-refractivity contribution is -0.144. The van der Waals surface area contributed by atoms with E-state index in [0.717, 1.165) is 17.8 Å². The van der Waals surface area contributed by atoms with Gasteiger partial charge in [0.05, 0.1) is 6.54 Å². The van der Waals surface area contributed by atoms with Crippen LogP contribution < -0.4 is 10.1 Å². The minimum Gasteiger partial charge on any atom is -0.478 e. The van der Waals surface area contributed by atoms with Crippen LogP contribution in [0.1, 0.15) is 35.9 Å². The first-order chi connectivity index (χ1) is 11.8. The summed E-state index contributed by atoms with van der Waals surface area (Å²) in [7, 11) is 1.74. The van der Waals surface area contributed by atoms with Gasteiger partial charge in [-0.15, -0.1) is 0 Å². The second-order valence-corrected chi connectivity index (χ2v) is 5.84. The number of hydrogen-bond acceptors (Lipinski definition) is 4. The molecule has 0 radical (unpaired) electrons. The van der Waals surface area contributed by atoms with Crippen LogP contribution >= 0.6 is 0 Å². The Morgan fingerprint density at radius 2 is 1.96 bits per heavy atom. The second-order valence-electron chi connectivity index (χ2n) is 5.84. The molecule has 0 spiro atoms. The standard InChI is InChI=1S/C17H20FN3O4/c1-10(2)14-8-13(20-21(14)3)16(22)19-9-15(17(23)24)25-12-6-4-11(18)5-7-12/h4-8,10,15H,9H2,1-3H3,(H,19,22)(H,23,24). The van der Waals surface area contributed by atoms with E-state index in [1.54, 1.807) is 17.8 Å². The average molecular weight is 349 g/mol. The number of carbonyl (C=O) groups excluding carboxylic acids is 1. The molecule has 0 aliphatic heterocycles. The largest absolute Gasteiger partial charge is 0.478 e. The Hall–Kier alpha value is -2.90.